The molecule has 0 amide bonds. The minimum Gasteiger partial charge on any atom is -0.478 e. The average Bonchev–Trinajstić information content (AvgIpc) is 2.45. The summed E-state index contributed by atoms with van der Waals surface area (Å²) in [6.45, 7) is 5.74. The number of carboxylic acids is 1. The number of methoxy groups -OCH3 is 1. The van der Waals surface area contributed by atoms with Crippen LogP contribution >= 0.6 is 0 Å². The van der Waals surface area contributed by atoms with Gasteiger partial charge < -0.3 is 14.6 Å². The molecule has 0 aromatic heterocycles. The first-order valence-corrected chi connectivity index (χ1v) is 7.52. The Morgan fingerprint density at radius 1 is 1.27 bits per heavy atom. The number of carbonyl (C=O) groups is 1. The number of hydrogen-bond donors (Lipinski definition) is 1. The second-order valence-electron chi connectivity index (χ2n) is 6.76. The van der Waals surface area contributed by atoms with Gasteiger partial charge in [0.25, 0.3) is 0 Å². The minimum absolute atomic E-state index is 0.0418. The summed E-state index contributed by atoms with van der Waals surface area (Å²) >= 11 is 0. The zero-order valence-electron chi connectivity index (χ0n) is 13.5. The molecule has 1 aliphatic carbocycles. The number of fused-ring (bicyclic) bond motifs is 1. The standard InChI is InChI=1S/C17H23FO4/c1-17(2,3)16(21-4)22-13-9-12(15(19)20)10-7-5-6-8-11(10)14(13)18/h9,16H,5-8H2,1-4H3,(H,19,20). The molecule has 1 aromatic rings. The predicted molar refractivity (Wildman–Crippen MR) is 80.9 cm³/mol. The molecule has 1 aromatic carbocycles. The molecule has 1 unspecified atom stereocenters. The molecule has 1 N–H and O–H groups in total. The zero-order chi connectivity index (χ0) is 16.5. The Hall–Kier alpha value is -1.62. The van der Waals surface area contributed by atoms with E-state index in [1.165, 1.54) is 13.2 Å². The van der Waals surface area contributed by atoms with Crippen LogP contribution in [0.4, 0.5) is 4.39 Å². The van der Waals surface area contributed by atoms with Gasteiger partial charge in [-0.25, -0.2) is 9.18 Å². The van der Waals surface area contributed by atoms with Crippen molar-refractivity contribution in [1.82, 2.24) is 0 Å². The lowest BCUT2D eigenvalue weighted by Crippen LogP contribution is -2.34. The largest absolute Gasteiger partial charge is 0.478 e. The van der Waals surface area contributed by atoms with Crippen molar-refractivity contribution in [3.8, 4) is 5.75 Å². The second kappa shape index (κ2) is 6.24. The maximum Gasteiger partial charge on any atom is 0.336 e. The molecule has 0 radical (unpaired) electrons. The van der Waals surface area contributed by atoms with E-state index in [1.807, 2.05) is 20.8 Å². The number of halogens is 1. The van der Waals surface area contributed by atoms with E-state index in [-0.39, 0.29) is 16.7 Å². The van der Waals surface area contributed by atoms with Gasteiger partial charge in [0.1, 0.15) is 0 Å². The second-order valence-corrected chi connectivity index (χ2v) is 6.76. The first kappa shape index (κ1) is 16.7. The van der Waals surface area contributed by atoms with Gasteiger partial charge in [0.15, 0.2) is 11.6 Å². The summed E-state index contributed by atoms with van der Waals surface area (Å²) in [6.07, 6.45) is 2.23. The molecule has 22 heavy (non-hydrogen) atoms. The van der Waals surface area contributed by atoms with Crippen molar-refractivity contribution >= 4 is 5.97 Å². The van der Waals surface area contributed by atoms with Crippen LogP contribution < -0.4 is 4.74 Å². The maximum absolute atomic E-state index is 14.7. The monoisotopic (exact) mass is 310 g/mol. The van der Waals surface area contributed by atoms with Crippen LogP contribution in [0.2, 0.25) is 0 Å². The molecule has 1 atom stereocenters. The Kier molecular flexibility index (Phi) is 4.75. The number of carboxylic acid groups (broad SMARTS) is 1. The van der Waals surface area contributed by atoms with Crippen LogP contribution in [0.5, 0.6) is 5.75 Å². The number of benzene rings is 1. The van der Waals surface area contributed by atoms with Gasteiger partial charge in [0, 0.05) is 12.5 Å². The van der Waals surface area contributed by atoms with Crippen LogP contribution in [0.15, 0.2) is 6.07 Å². The van der Waals surface area contributed by atoms with Gasteiger partial charge in [-0.15, -0.1) is 0 Å². The van der Waals surface area contributed by atoms with Gasteiger partial charge in [-0.2, -0.15) is 0 Å². The Labute approximate surface area is 130 Å². The lowest BCUT2D eigenvalue weighted by molar-refractivity contribution is -0.122. The maximum atomic E-state index is 14.7. The third kappa shape index (κ3) is 3.24. The highest BCUT2D eigenvalue weighted by Crippen LogP contribution is 2.35. The van der Waals surface area contributed by atoms with Crippen LogP contribution in [0, 0.1) is 11.2 Å². The molecule has 0 spiro atoms. The Balaban J connectivity index is 2.48. The van der Waals surface area contributed by atoms with E-state index in [0.717, 1.165) is 12.8 Å². The highest BCUT2D eigenvalue weighted by Gasteiger charge is 2.30. The molecule has 0 bridgehead atoms. The fraction of sp³-hybridized carbons (Fsp3) is 0.588. The first-order chi connectivity index (χ1) is 10.3. The summed E-state index contributed by atoms with van der Waals surface area (Å²) in [7, 11) is 1.49. The van der Waals surface area contributed by atoms with Crippen LogP contribution in [0.1, 0.15) is 55.1 Å². The topological polar surface area (TPSA) is 55.8 Å². The van der Waals surface area contributed by atoms with E-state index in [4.69, 9.17) is 9.47 Å². The lowest BCUT2D eigenvalue weighted by atomic mass is 9.87. The van der Waals surface area contributed by atoms with Crippen molar-refractivity contribution < 1.29 is 23.8 Å². The Morgan fingerprint density at radius 2 is 1.86 bits per heavy atom. The van der Waals surface area contributed by atoms with Crippen molar-refractivity contribution in [2.75, 3.05) is 7.11 Å². The summed E-state index contributed by atoms with van der Waals surface area (Å²) in [4.78, 5) is 11.5. The van der Waals surface area contributed by atoms with E-state index in [2.05, 4.69) is 0 Å². The fourth-order valence-corrected chi connectivity index (χ4v) is 2.85. The Morgan fingerprint density at radius 3 is 2.36 bits per heavy atom. The third-order valence-electron chi connectivity index (χ3n) is 3.94. The van der Waals surface area contributed by atoms with Crippen LogP contribution in [0.25, 0.3) is 0 Å². The molecular formula is C17H23FO4. The van der Waals surface area contributed by atoms with Gasteiger partial charge in [0.2, 0.25) is 6.29 Å². The van der Waals surface area contributed by atoms with E-state index in [1.54, 1.807) is 0 Å². The summed E-state index contributed by atoms with van der Waals surface area (Å²) in [5, 5.41) is 9.40. The third-order valence-corrected chi connectivity index (χ3v) is 3.94. The van der Waals surface area contributed by atoms with Crippen LogP contribution in [0.3, 0.4) is 0 Å². The molecule has 4 nitrogen and oxygen atoms in total. The highest BCUT2D eigenvalue weighted by atomic mass is 19.1. The molecule has 0 heterocycles. The number of aromatic carboxylic acids is 1. The summed E-state index contributed by atoms with van der Waals surface area (Å²) in [5.74, 6) is -1.54. The SMILES string of the molecule is COC(Oc1cc(C(=O)O)c2c(c1F)CCCC2)C(C)(C)C. The molecule has 0 fully saturated rings. The molecule has 122 valence electrons. The van der Waals surface area contributed by atoms with Crippen LogP contribution in [-0.4, -0.2) is 24.5 Å². The van der Waals surface area contributed by atoms with Crippen molar-refractivity contribution in [2.24, 2.45) is 5.41 Å². The fourth-order valence-electron chi connectivity index (χ4n) is 2.85. The minimum atomic E-state index is -1.05. The number of rotatable bonds is 4. The van der Waals surface area contributed by atoms with E-state index >= 15 is 0 Å². The summed E-state index contributed by atoms with van der Waals surface area (Å²) < 4.78 is 25.6. The smallest absolute Gasteiger partial charge is 0.336 e. The quantitative estimate of drug-likeness (QED) is 0.859. The van der Waals surface area contributed by atoms with E-state index in [9.17, 15) is 14.3 Å². The molecular weight excluding hydrogens is 287 g/mol. The number of hydrogen-bond acceptors (Lipinski definition) is 3. The Bertz CT molecular complexity index is 575. The lowest BCUT2D eigenvalue weighted by Gasteiger charge is -2.30. The van der Waals surface area contributed by atoms with Crippen LogP contribution in [-0.2, 0) is 17.6 Å². The molecule has 0 saturated heterocycles. The first-order valence-electron chi connectivity index (χ1n) is 7.52. The van der Waals surface area contributed by atoms with Crippen molar-refractivity contribution in [1.29, 1.82) is 0 Å². The summed E-state index contributed by atoms with van der Waals surface area (Å²) in [6, 6.07) is 1.29. The van der Waals surface area contributed by atoms with Crippen molar-refractivity contribution in [3.05, 3.63) is 28.6 Å². The van der Waals surface area contributed by atoms with Gasteiger partial charge >= 0.3 is 5.97 Å². The van der Waals surface area contributed by atoms with E-state index in [0.29, 0.717) is 24.0 Å². The van der Waals surface area contributed by atoms with Gasteiger partial charge in [-0.05, 0) is 42.9 Å². The molecule has 0 aliphatic heterocycles. The average molecular weight is 310 g/mol. The molecule has 5 heteroatoms. The van der Waals surface area contributed by atoms with Gasteiger partial charge in [-0.1, -0.05) is 20.8 Å². The van der Waals surface area contributed by atoms with E-state index < -0.39 is 18.1 Å². The zero-order valence-corrected chi connectivity index (χ0v) is 13.5. The molecule has 1 aliphatic rings. The predicted octanol–water partition coefficient (Wildman–Crippen LogP) is 3.80. The highest BCUT2D eigenvalue weighted by molar-refractivity contribution is 5.90. The van der Waals surface area contributed by atoms with Crippen molar-refractivity contribution in [2.45, 2.75) is 52.7 Å². The molecule has 2 rings (SSSR count). The van der Waals surface area contributed by atoms with Gasteiger partial charge in [0.05, 0.1) is 5.56 Å². The normalized spacial score (nSPS) is 16.0. The number of ether oxygens (including phenoxy) is 2. The van der Waals surface area contributed by atoms with Crippen molar-refractivity contribution in [3.63, 3.8) is 0 Å². The van der Waals surface area contributed by atoms with Gasteiger partial charge in [-0.3, -0.25) is 0 Å². The summed E-state index contributed by atoms with van der Waals surface area (Å²) in [5.41, 5.74) is 0.855. The molecule has 0 saturated carbocycles.